The number of hydrogen-bond acceptors (Lipinski definition) is 3. The van der Waals surface area contributed by atoms with Crippen molar-refractivity contribution >= 4 is 17.3 Å². The maximum atomic E-state index is 9.23. The van der Waals surface area contributed by atoms with Crippen molar-refractivity contribution in [3.63, 3.8) is 0 Å². The van der Waals surface area contributed by atoms with Gasteiger partial charge in [-0.05, 0) is 51.2 Å². The van der Waals surface area contributed by atoms with Gasteiger partial charge in [-0.1, -0.05) is 25.4 Å². The molecule has 0 aliphatic rings. The van der Waals surface area contributed by atoms with Crippen LogP contribution < -0.4 is 4.90 Å². The van der Waals surface area contributed by atoms with Crippen LogP contribution in [0.2, 0.25) is 5.02 Å². The largest absolute Gasteiger partial charge is 0.371 e. The van der Waals surface area contributed by atoms with Crippen molar-refractivity contribution in [1.82, 2.24) is 4.90 Å². The van der Waals surface area contributed by atoms with Crippen LogP contribution in [-0.2, 0) is 0 Å². The number of nitriles is 1. The fraction of sp³-hybridized carbons (Fsp3) is 0.562. The fourth-order valence-corrected chi connectivity index (χ4v) is 2.52. The van der Waals surface area contributed by atoms with Crippen LogP contribution in [0.15, 0.2) is 18.2 Å². The molecule has 1 aromatic rings. The summed E-state index contributed by atoms with van der Waals surface area (Å²) in [5.74, 6) is 0. The summed E-state index contributed by atoms with van der Waals surface area (Å²) in [5.41, 5.74) is 1.64. The minimum atomic E-state index is 0.615. The molecule has 0 saturated heterocycles. The molecule has 110 valence electrons. The SMILES string of the molecule is CCN(CC)CCCN(CC)c1ccc(Cl)cc1C#N. The van der Waals surface area contributed by atoms with E-state index in [9.17, 15) is 5.26 Å². The van der Waals surface area contributed by atoms with Crippen molar-refractivity contribution in [2.45, 2.75) is 27.2 Å². The van der Waals surface area contributed by atoms with Gasteiger partial charge < -0.3 is 9.80 Å². The summed E-state index contributed by atoms with van der Waals surface area (Å²) in [6.07, 6.45) is 1.10. The summed E-state index contributed by atoms with van der Waals surface area (Å²) in [6, 6.07) is 7.77. The van der Waals surface area contributed by atoms with E-state index in [4.69, 9.17) is 11.6 Å². The molecule has 0 bridgehead atoms. The highest BCUT2D eigenvalue weighted by atomic mass is 35.5. The zero-order valence-electron chi connectivity index (χ0n) is 12.7. The molecule has 1 aromatic carbocycles. The summed E-state index contributed by atoms with van der Waals surface area (Å²) in [6.45, 7) is 11.6. The predicted octanol–water partition coefficient (Wildman–Crippen LogP) is 3.77. The van der Waals surface area contributed by atoms with E-state index in [1.54, 1.807) is 6.07 Å². The van der Waals surface area contributed by atoms with Gasteiger partial charge in [-0.15, -0.1) is 0 Å². The Kier molecular flexibility index (Phi) is 7.43. The van der Waals surface area contributed by atoms with Gasteiger partial charge in [0.2, 0.25) is 0 Å². The lowest BCUT2D eigenvalue weighted by Crippen LogP contribution is -2.30. The van der Waals surface area contributed by atoms with Crippen LogP contribution in [0.5, 0.6) is 0 Å². The van der Waals surface area contributed by atoms with E-state index in [2.05, 4.69) is 36.6 Å². The molecule has 20 heavy (non-hydrogen) atoms. The number of rotatable bonds is 8. The lowest BCUT2D eigenvalue weighted by molar-refractivity contribution is 0.301. The van der Waals surface area contributed by atoms with Gasteiger partial charge in [0.05, 0.1) is 11.3 Å². The highest BCUT2D eigenvalue weighted by Crippen LogP contribution is 2.23. The van der Waals surface area contributed by atoms with Gasteiger partial charge in [0.15, 0.2) is 0 Å². The summed E-state index contributed by atoms with van der Waals surface area (Å²) < 4.78 is 0. The quantitative estimate of drug-likeness (QED) is 0.731. The maximum Gasteiger partial charge on any atom is 0.101 e. The number of anilines is 1. The zero-order valence-corrected chi connectivity index (χ0v) is 13.5. The molecular weight excluding hydrogens is 270 g/mol. The molecule has 0 aliphatic heterocycles. The molecule has 4 heteroatoms. The Balaban J connectivity index is 2.69. The molecule has 0 aromatic heterocycles. The van der Waals surface area contributed by atoms with Crippen molar-refractivity contribution in [1.29, 1.82) is 5.26 Å². The Morgan fingerprint density at radius 1 is 1.10 bits per heavy atom. The smallest absolute Gasteiger partial charge is 0.101 e. The third-order valence-electron chi connectivity index (χ3n) is 3.60. The van der Waals surface area contributed by atoms with E-state index in [-0.39, 0.29) is 0 Å². The Labute approximate surface area is 127 Å². The minimum Gasteiger partial charge on any atom is -0.371 e. The lowest BCUT2D eigenvalue weighted by atomic mass is 10.1. The van der Waals surface area contributed by atoms with Crippen LogP contribution in [0.25, 0.3) is 0 Å². The molecule has 0 aliphatic carbocycles. The second-order valence-corrected chi connectivity index (χ2v) is 5.17. The van der Waals surface area contributed by atoms with E-state index >= 15 is 0 Å². The summed E-state index contributed by atoms with van der Waals surface area (Å²) in [5, 5.41) is 9.85. The summed E-state index contributed by atoms with van der Waals surface area (Å²) in [7, 11) is 0. The van der Waals surface area contributed by atoms with E-state index in [0.29, 0.717) is 10.6 Å². The van der Waals surface area contributed by atoms with E-state index in [0.717, 1.165) is 44.8 Å². The first-order chi connectivity index (χ1) is 9.65. The molecule has 0 atom stereocenters. The van der Waals surface area contributed by atoms with E-state index in [1.165, 1.54) is 0 Å². The average Bonchev–Trinajstić information content (AvgIpc) is 2.48. The van der Waals surface area contributed by atoms with Crippen molar-refractivity contribution in [2.24, 2.45) is 0 Å². The van der Waals surface area contributed by atoms with Crippen LogP contribution in [0, 0.1) is 11.3 Å². The molecule has 0 unspecified atom stereocenters. The zero-order chi connectivity index (χ0) is 15.0. The first-order valence-electron chi connectivity index (χ1n) is 7.33. The molecule has 0 fully saturated rings. The Bertz CT molecular complexity index is 450. The molecule has 1 rings (SSSR count). The van der Waals surface area contributed by atoms with Gasteiger partial charge in [-0.2, -0.15) is 5.26 Å². The minimum absolute atomic E-state index is 0.615. The fourth-order valence-electron chi connectivity index (χ4n) is 2.35. The third kappa shape index (κ3) is 4.70. The Morgan fingerprint density at radius 2 is 1.80 bits per heavy atom. The molecular formula is C16H24ClN3. The van der Waals surface area contributed by atoms with Crippen LogP contribution in [-0.4, -0.2) is 37.6 Å². The first-order valence-corrected chi connectivity index (χ1v) is 7.70. The van der Waals surface area contributed by atoms with Crippen molar-refractivity contribution in [2.75, 3.05) is 37.6 Å². The van der Waals surface area contributed by atoms with E-state index in [1.807, 2.05) is 12.1 Å². The van der Waals surface area contributed by atoms with Gasteiger partial charge >= 0.3 is 0 Å². The molecule has 3 nitrogen and oxygen atoms in total. The molecule has 0 spiro atoms. The van der Waals surface area contributed by atoms with Crippen LogP contribution in [0.4, 0.5) is 5.69 Å². The average molecular weight is 294 g/mol. The number of benzene rings is 1. The van der Waals surface area contributed by atoms with Gasteiger partial charge in [0.1, 0.15) is 6.07 Å². The first kappa shape index (κ1) is 16.8. The van der Waals surface area contributed by atoms with Gasteiger partial charge in [0, 0.05) is 18.1 Å². The van der Waals surface area contributed by atoms with Crippen molar-refractivity contribution < 1.29 is 0 Å². The normalized spacial score (nSPS) is 10.6. The number of nitrogens with zero attached hydrogens (tertiary/aromatic N) is 3. The third-order valence-corrected chi connectivity index (χ3v) is 3.83. The maximum absolute atomic E-state index is 9.23. The predicted molar refractivity (Wildman–Crippen MR) is 86.5 cm³/mol. The molecule has 0 radical (unpaired) electrons. The second kappa shape index (κ2) is 8.84. The monoisotopic (exact) mass is 293 g/mol. The van der Waals surface area contributed by atoms with Crippen LogP contribution in [0.3, 0.4) is 0 Å². The van der Waals surface area contributed by atoms with Gasteiger partial charge in [-0.3, -0.25) is 0 Å². The molecule has 0 heterocycles. The Hall–Kier alpha value is -1.24. The van der Waals surface area contributed by atoms with Crippen LogP contribution >= 0.6 is 11.6 Å². The molecule has 0 saturated carbocycles. The second-order valence-electron chi connectivity index (χ2n) is 4.73. The summed E-state index contributed by atoms with van der Waals surface area (Å²) >= 11 is 5.95. The van der Waals surface area contributed by atoms with Gasteiger partial charge in [0.25, 0.3) is 0 Å². The van der Waals surface area contributed by atoms with E-state index < -0.39 is 0 Å². The Morgan fingerprint density at radius 3 is 2.35 bits per heavy atom. The standard InChI is InChI=1S/C16H24ClN3/c1-4-19(5-2)10-7-11-20(6-3)16-9-8-15(17)12-14(16)13-18/h8-9,12H,4-7,10-11H2,1-3H3. The highest BCUT2D eigenvalue weighted by Gasteiger charge is 2.10. The van der Waals surface area contributed by atoms with Crippen molar-refractivity contribution in [3.8, 4) is 6.07 Å². The van der Waals surface area contributed by atoms with Crippen LogP contribution in [0.1, 0.15) is 32.8 Å². The number of hydrogen-bond donors (Lipinski definition) is 0. The lowest BCUT2D eigenvalue weighted by Gasteiger charge is -2.26. The number of halogens is 1. The highest BCUT2D eigenvalue weighted by molar-refractivity contribution is 6.30. The topological polar surface area (TPSA) is 30.3 Å². The molecule has 0 N–H and O–H groups in total. The van der Waals surface area contributed by atoms with Crippen molar-refractivity contribution in [3.05, 3.63) is 28.8 Å². The summed E-state index contributed by atoms with van der Waals surface area (Å²) in [4.78, 5) is 4.67. The molecule has 0 amide bonds. The van der Waals surface area contributed by atoms with Gasteiger partial charge in [-0.25, -0.2) is 0 Å².